The summed E-state index contributed by atoms with van der Waals surface area (Å²) in [5, 5.41) is 9.96. The SMILES string of the molecule is Cn1cnc(C(O)Cc2ccc(F)c(Br)c2)c1. The van der Waals surface area contributed by atoms with Crippen LogP contribution in [0.5, 0.6) is 0 Å². The predicted molar refractivity (Wildman–Crippen MR) is 66.0 cm³/mol. The van der Waals surface area contributed by atoms with Gasteiger partial charge in [-0.3, -0.25) is 0 Å². The molecule has 0 saturated carbocycles. The fourth-order valence-corrected chi connectivity index (χ4v) is 2.03. The second kappa shape index (κ2) is 4.98. The van der Waals surface area contributed by atoms with Gasteiger partial charge in [0.05, 0.1) is 16.5 Å². The molecule has 1 unspecified atom stereocenters. The number of nitrogens with zero attached hydrogens (tertiary/aromatic N) is 2. The van der Waals surface area contributed by atoms with Gasteiger partial charge >= 0.3 is 0 Å². The van der Waals surface area contributed by atoms with Gasteiger partial charge in [0, 0.05) is 19.7 Å². The van der Waals surface area contributed by atoms with Gasteiger partial charge in [-0.2, -0.15) is 0 Å². The molecule has 1 aromatic heterocycles. The van der Waals surface area contributed by atoms with Gasteiger partial charge < -0.3 is 9.67 Å². The van der Waals surface area contributed by atoms with Crippen LogP contribution in [0.15, 0.2) is 35.2 Å². The Balaban J connectivity index is 2.12. The maximum absolute atomic E-state index is 13.0. The van der Waals surface area contributed by atoms with Crippen LogP contribution in [-0.2, 0) is 13.5 Å². The van der Waals surface area contributed by atoms with Crippen LogP contribution in [0.1, 0.15) is 17.4 Å². The number of hydrogen-bond acceptors (Lipinski definition) is 2. The van der Waals surface area contributed by atoms with Gasteiger partial charge in [0.15, 0.2) is 0 Å². The third kappa shape index (κ3) is 2.92. The number of aryl methyl sites for hydroxylation is 1. The number of imidazole rings is 1. The summed E-state index contributed by atoms with van der Waals surface area (Å²) in [5.74, 6) is -0.305. The minimum atomic E-state index is -0.673. The molecular weight excluding hydrogens is 287 g/mol. The highest BCUT2D eigenvalue weighted by Crippen LogP contribution is 2.21. The summed E-state index contributed by atoms with van der Waals surface area (Å²) in [6.45, 7) is 0. The fraction of sp³-hybridized carbons (Fsp3) is 0.250. The standard InChI is InChI=1S/C12H12BrFN2O/c1-16-6-11(15-7-16)12(17)5-8-2-3-10(14)9(13)4-8/h2-4,6-7,12,17H,5H2,1H3. The molecule has 17 heavy (non-hydrogen) atoms. The molecule has 0 bridgehead atoms. The van der Waals surface area contributed by atoms with Crippen molar-refractivity contribution in [3.05, 3.63) is 52.3 Å². The lowest BCUT2D eigenvalue weighted by Crippen LogP contribution is -2.02. The van der Waals surface area contributed by atoms with Crippen LogP contribution >= 0.6 is 15.9 Å². The molecule has 2 rings (SSSR count). The molecule has 1 aromatic carbocycles. The number of aliphatic hydroxyl groups excluding tert-OH is 1. The lowest BCUT2D eigenvalue weighted by molar-refractivity contribution is 0.174. The van der Waals surface area contributed by atoms with E-state index in [9.17, 15) is 9.50 Å². The summed E-state index contributed by atoms with van der Waals surface area (Å²) in [6.07, 6.45) is 3.15. The molecule has 0 radical (unpaired) electrons. The minimum Gasteiger partial charge on any atom is -0.386 e. The molecular formula is C12H12BrFN2O. The van der Waals surface area contributed by atoms with Crippen LogP contribution in [-0.4, -0.2) is 14.7 Å². The molecule has 1 heterocycles. The summed E-state index contributed by atoms with van der Waals surface area (Å²) in [5.41, 5.74) is 1.48. The molecule has 0 spiro atoms. The highest BCUT2D eigenvalue weighted by molar-refractivity contribution is 9.10. The molecule has 1 N–H and O–H groups in total. The molecule has 0 aliphatic heterocycles. The van der Waals surface area contributed by atoms with Crippen molar-refractivity contribution < 1.29 is 9.50 Å². The largest absolute Gasteiger partial charge is 0.386 e. The molecule has 3 nitrogen and oxygen atoms in total. The van der Waals surface area contributed by atoms with Crippen LogP contribution in [0.2, 0.25) is 0 Å². The van der Waals surface area contributed by atoms with Crippen LogP contribution in [0.3, 0.4) is 0 Å². The van der Waals surface area contributed by atoms with Crippen molar-refractivity contribution in [2.24, 2.45) is 7.05 Å². The number of aliphatic hydroxyl groups is 1. The number of halogens is 2. The third-order valence-electron chi connectivity index (χ3n) is 2.48. The van der Waals surface area contributed by atoms with Crippen LogP contribution in [0, 0.1) is 5.82 Å². The second-order valence-electron chi connectivity index (χ2n) is 3.93. The molecule has 1 atom stereocenters. The highest BCUT2D eigenvalue weighted by atomic mass is 79.9. The number of aromatic nitrogens is 2. The van der Waals surface area contributed by atoms with Crippen molar-refractivity contribution in [1.82, 2.24) is 9.55 Å². The number of hydrogen-bond donors (Lipinski definition) is 1. The zero-order valence-electron chi connectivity index (χ0n) is 9.27. The van der Waals surface area contributed by atoms with Gasteiger partial charge in [-0.15, -0.1) is 0 Å². The van der Waals surface area contributed by atoms with Crippen molar-refractivity contribution in [2.75, 3.05) is 0 Å². The van der Waals surface area contributed by atoms with E-state index < -0.39 is 6.10 Å². The van der Waals surface area contributed by atoms with Gasteiger partial charge in [0.2, 0.25) is 0 Å². The van der Waals surface area contributed by atoms with Crippen molar-refractivity contribution in [1.29, 1.82) is 0 Å². The quantitative estimate of drug-likeness (QED) is 0.946. The smallest absolute Gasteiger partial charge is 0.137 e. The Bertz CT molecular complexity index is 527. The first-order valence-electron chi connectivity index (χ1n) is 5.16. The van der Waals surface area contributed by atoms with Crippen LogP contribution in [0.25, 0.3) is 0 Å². The van der Waals surface area contributed by atoms with Crippen molar-refractivity contribution in [3.63, 3.8) is 0 Å². The summed E-state index contributed by atoms with van der Waals surface area (Å²) < 4.78 is 15.2. The van der Waals surface area contributed by atoms with Gasteiger partial charge in [-0.25, -0.2) is 9.37 Å². The molecule has 90 valence electrons. The maximum atomic E-state index is 13.0. The van der Waals surface area contributed by atoms with E-state index in [1.165, 1.54) is 6.07 Å². The van der Waals surface area contributed by atoms with E-state index in [2.05, 4.69) is 20.9 Å². The van der Waals surface area contributed by atoms with E-state index in [0.717, 1.165) is 5.56 Å². The average Bonchev–Trinajstić information content (AvgIpc) is 2.70. The third-order valence-corrected chi connectivity index (χ3v) is 3.09. The lowest BCUT2D eigenvalue weighted by Gasteiger charge is -2.08. The zero-order chi connectivity index (χ0) is 12.4. The Morgan fingerprint density at radius 3 is 2.88 bits per heavy atom. The van der Waals surface area contributed by atoms with E-state index in [0.29, 0.717) is 16.6 Å². The molecule has 5 heteroatoms. The summed E-state index contributed by atoms with van der Waals surface area (Å²) >= 11 is 3.12. The van der Waals surface area contributed by atoms with Gasteiger partial charge in [0.1, 0.15) is 11.9 Å². The predicted octanol–water partition coefficient (Wildman–Crippen LogP) is 2.60. The van der Waals surface area contributed by atoms with Crippen LogP contribution in [0.4, 0.5) is 4.39 Å². The zero-order valence-corrected chi connectivity index (χ0v) is 10.9. The van der Waals surface area contributed by atoms with Crippen molar-refractivity contribution >= 4 is 15.9 Å². The van der Waals surface area contributed by atoms with Gasteiger partial charge in [0.25, 0.3) is 0 Å². The first kappa shape index (κ1) is 12.3. The molecule has 0 amide bonds. The second-order valence-corrected chi connectivity index (χ2v) is 4.79. The Labute approximate surface area is 107 Å². The van der Waals surface area contributed by atoms with E-state index in [1.54, 1.807) is 29.2 Å². The topological polar surface area (TPSA) is 38.0 Å². The molecule has 0 aliphatic rings. The van der Waals surface area contributed by atoms with Crippen molar-refractivity contribution in [2.45, 2.75) is 12.5 Å². The van der Waals surface area contributed by atoms with E-state index in [4.69, 9.17) is 0 Å². The maximum Gasteiger partial charge on any atom is 0.137 e. The Hall–Kier alpha value is -1.20. The fourth-order valence-electron chi connectivity index (χ4n) is 1.60. The normalized spacial score (nSPS) is 12.7. The van der Waals surface area contributed by atoms with Gasteiger partial charge in [-0.1, -0.05) is 6.07 Å². The van der Waals surface area contributed by atoms with Crippen LogP contribution < -0.4 is 0 Å². The Morgan fingerprint density at radius 2 is 2.29 bits per heavy atom. The Kier molecular flexibility index (Phi) is 3.59. The first-order chi connectivity index (χ1) is 8.06. The average molecular weight is 299 g/mol. The Morgan fingerprint density at radius 1 is 1.53 bits per heavy atom. The summed E-state index contributed by atoms with van der Waals surface area (Å²) in [4.78, 5) is 4.08. The molecule has 0 aliphatic carbocycles. The van der Waals surface area contributed by atoms with E-state index in [1.807, 2.05) is 7.05 Å². The number of rotatable bonds is 3. The summed E-state index contributed by atoms with van der Waals surface area (Å²) in [7, 11) is 1.84. The number of benzene rings is 1. The highest BCUT2D eigenvalue weighted by Gasteiger charge is 2.12. The summed E-state index contributed by atoms with van der Waals surface area (Å²) in [6, 6.07) is 4.71. The molecule has 0 saturated heterocycles. The van der Waals surface area contributed by atoms with Gasteiger partial charge in [-0.05, 0) is 33.6 Å². The molecule has 0 fully saturated rings. The first-order valence-corrected chi connectivity index (χ1v) is 5.95. The minimum absolute atomic E-state index is 0.305. The monoisotopic (exact) mass is 298 g/mol. The van der Waals surface area contributed by atoms with Crippen molar-refractivity contribution in [3.8, 4) is 0 Å². The van der Waals surface area contributed by atoms with E-state index in [-0.39, 0.29) is 5.82 Å². The molecule has 2 aromatic rings. The van der Waals surface area contributed by atoms with E-state index >= 15 is 0 Å². The lowest BCUT2D eigenvalue weighted by atomic mass is 10.1.